The molecule has 0 saturated carbocycles. The van der Waals surface area contributed by atoms with Crippen LogP contribution in [0.5, 0.6) is 0 Å². The largest absolute Gasteiger partial charge is 0.282 e. The van der Waals surface area contributed by atoms with Gasteiger partial charge in [0.1, 0.15) is 0 Å². The van der Waals surface area contributed by atoms with Crippen molar-refractivity contribution >= 4 is 40.4 Å². The van der Waals surface area contributed by atoms with Crippen LogP contribution in [0.2, 0.25) is 0 Å². The number of thioether (sulfide) groups is 2. The molecule has 0 atom stereocenters. The third-order valence-electron chi connectivity index (χ3n) is 2.51. The Morgan fingerprint density at radius 1 is 1.00 bits per heavy atom. The van der Waals surface area contributed by atoms with Gasteiger partial charge in [-0.1, -0.05) is 30.5 Å². The highest BCUT2D eigenvalue weighted by Crippen LogP contribution is 2.35. The van der Waals surface area contributed by atoms with Crippen LogP contribution in [0.1, 0.15) is 0 Å². The lowest BCUT2D eigenvalue weighted by atomic mass is 10.4. The summed E-state index contributed by atoms with van der Waals surface area (Å²) in [5.41, 5.74) is 0. The predicted octanol–water partition coefficient (Wildman–Crippen LogP) is 5.36. The molecule has 0 aromatic heterocycles. The summed E-state index contributed by atoms with van der Waals surface area (Å²) in [6.07, 6.45) is 3.42. The first-order valence-electron chi connectivity index (χ1n) is 5.98. The third kappa shape index (κ3) is 4.20. The molecule has 0 bridgehead atoms. The molecule has 2 aromatic rings. The molecule has 0 N–H and O–H groups in total. The molecule has 102 valence electrons. The number of hydrogen-bond acceptors (Lipinski definition) is 4. The van der Waals surface area contributed by atoms with E-state index in [0.29, 0.717) is 0 Å². The fraction of sp³-hybridized carbons (Fsp3) is 0.0625. The zero-order chi connectivity index (χ0) is 14.4. The quantitative estimate of drug-likeness (QED) is 0.544. The van der Waals surface area contributed by atoms with Crippen molar-refractivity contribution in [3.8, 4) is 0 Å². The van der Waals surface area contributed by atoms with Crippen molar-refractivity contribution in [3.05, 3.63) is 61.2 Å². The Bertz CT molecular complexity index is 605. The monoisotopic (exact) mass is 318 g/mol. The van der Waals surface area contributed by atoms with Crippen LogP contribution in [0.15, 0.2) is 80.8 Å². The van der Waals surface area contributed by atoms with E-state index < -0.39 is 0 Å². The molecule has 2 aromatic carbocycles. The summed E-state index contributed by atoms with van der Waals surface area (Å²) >= 11 is 4.68. The van der Waals surface area contributed by atoms with Gasteiger partial charge in [-0.05, 0) is 60.5 Å². The predicted molar refractivity (Wildman–Crippen MR) is 89.8 cm³/mol. The normalized spacial score (nSPS) is 10.2. The smallest absolute Gasteiger partial charge is 0.216 e. The van der Waals surface area contributed by atoms with Crippen molar-refractivity contribution in [2.45, 2.75) is 19.6 Å². The molecular weight excluding hydrogens is 304 g/mol. The van der Waals surface area contributed by atoms with E-state index in [2.05, 4.69) is 37.1 Å². The van der Waals surface area contributed by atoms with Gasteiger partial charge in [0.15, 0.2) is 0 Å². The van der Waals surface area contributed by atoms with E-state index in [4.69, 9.17) is 0 Å². The molecule has 0 aliphatic heterocycles. The molecule has 0 spiro atoms. The second kappa shape index (κ2) is 7.62. The van der Waals surface area contributed by atoms with Gasteiger partial charge in [0.2, 0.25) is 5.12 Å². The van der Waals surface area contributed by atoms with Crippen molar-refractivity contribution in [1.82, 2.24) is 0 Å². The Balaban J connectivity index is 2.10. The first-order chi connectivity index (χ1) is 9.72. The Labute approximate surface area is 132 Å². The first kappa shape index (κ1) is 15.3. The Morgan fingerprint density at radius 3 is 2.20 bits per heavy atom. The van der Waals surface area contributed by atoms with E-state index in [1.807, 2.05) is 24.3 Å². The minimum absolute atomic E-state index is 0.0295. The highest BCUT2D eigenvalue weighted by Gasteiger charge is 2.04. The molecule has 0 heterocycles. The second-order valence-electron chi connectivity index (χ2n) is 3.85. The summed E-state index contributed by atoms with van der Waals surface area (Å²) in [7, 11) is 0. The summed E-state index contributed by atoms with van der Waals surface area (Å²) in [5, 5.41) is -0.0295. The van der Waals surface area contributed by atoms with Gasteiger partial charge in [-0.25, -0.2) is 0 Å². The molecule has 0 amide bonds. The molecule has 4 heteroatoms. The van der Waals surface area contributed by atoms with Crippen molar-refractivity contribution in [1.29, 1.82) is 0 Å². The zero-order valence-electron chi connectivity index (χ0n) is 11.0. The molecule has 0 unspecified atom stereocenters. The minimum atomic E-state index is -0.0295. The molecule has 0 fully saturated rings. The van der Waals surface area contributed by atoms with Crippen molar-refractivity contribution in [3.63, 3.8) is 0 Å². The molecule has 1 nitrogen and oxygen atoms in total. The number of rotatable bonds is 5. The van der Waals surface area contributed by atoms with E-state index in [0.717, 1.165) is 4.90 Å². The number of benzene rings is 2. The number of carbonyl (C=O) groups excluding carboxylic acids is 1. The average Bonchev–Trinajstić information content (AvgIpc) is 2.49. The Hall–Kier alpha value is -1.10. The molecule has 0 aliphatic rings. The van der Waals surface area contributed by atoms with Crippen molar-refractivity contribution in [2.75, 3.05) is 6.26 Å². The van der Waals surface area contributed by atoms with Crippen LogP contribution in [0, 0.1) is 0 Å². The lowest BCUT2D eigenvalue weighted by Crippen LogP contribution is -1.83. The fourth-order valence-corrected chi connectivity index (χ4v) is 3.85. The van der Waals surface area contributed by atoms with Crippen LogP contribution in [-0.2, 0) is 4.79 Å². The van der Waals surface area contributed by atoms with Crippen LogP contribution in [-0.4, -0.2) is 11.4 Å². The van der Waals surface area contributed by atoms with Crippen molar-refractivity contribution in [2.24, 2.45) is 0 Å². The maximum atomic E-state index is 11.3. The summed E-state index contributed by atoms with van der Waals surface area (Å²) in [6, 6.07) is 16.4. The van der Waals surface area contributed by atoms with Gasteiger partial charge in [-0.2, -0.15) is 0 Å². The second-order valence-corrected chi connectivity index (χ2v) is 6.89. The molecular formula is C16H14OS3. The minimum Gasteiger partial charge on any atom is -0.282 e. The summed E-state index contributed by atoms with van der Waals surface area (Å²) < 4.78 is 0. The standard InChI is InChI=1S/C16H14OS3/c1-3-16(17)20-13-10-8-12(9-11-13)19-15-7-5-4-6-14(15)18-2/h3-11H,1H2,2H3. The van der Waals surface area contributed by atoms with Gasteiger partial charge in [0, 0.05) is 19.6 Å². The van der Waals surface area contributed by atoms with E-state index in [-0.39, 0.29) is 5.12 Å². The maximum absolute atomic E-state index is 11.3. The van der Waals surface area contributed by atoms with Gasteiger partial charge >= 0.3 is 0 Å². The van der Waals surface area contributed by atoms with Gasteiger partial charge < -0.3 is 0 Å². The van der Waals surface area contributed by atoms with Crippen LogP contribution >= 0.6 is 35.3 Å². The van der Waals surface area contributed by atoms with Crippen LogP contribution in [0.25, 0.3) is 0 Å². The first-order valence-corrected chi connectivity index (χ1v) is 8.84. The lowest BCUT2D eigenvalue weighted by molar-refractivity contribution is -0.107. The van der Waals surface area contributed by atoms with Crippen LogP contribution in [0.4, 0.5) is 0 Å². The number of carbonyl (C=O) groups is 1. The van der Waals surface area contributed by atoms with Gasteiger partial charge in [-0.3, -0.25) is 4.79 Å². The van der Waals surface area contributed by atoms with Crippen LogP contribution < -0.4 is 0 Å². The van der Waals surface area contributed by atoms with Gasteiger partial charge in [0.05, 0.1) is 0 Å². The Kier molecular flexibility index (Phi) is 5.83. The number of hydrogen-bond donors (Lipinski definition) is 0. The topological polar surface area (TPSA) is 17.1 Å². The van der Waals surface area contributed by atoms with Gasteiger partial charge in [0.25, 0.3) is 0 Å². The summed E-state index contributed by atoms with van der Waals surface area (Å²) in [6.45, 7) is 3.47. The van der Waals surface area contributed by atoms with E-state index in [1.165, 1.54) is 32.5 Å². The van der Waals surface area contributed by atoms with E-state index in [9.17, 15) is 4.79 Å². The molecule has 0 saturated heterocycles. The molecule has 2 rings (SSSR count). The molecule has 20 heavy (non-hydrogen) atoms. The highest BCUT2D eigenvalue weighted by molar-refractivity contribution is 8.14. The lowest BCUT2D eigenvalue weighted by Gasteiger charge is -2.07. The van der Waals surface area contributed by atoms with Crippen LogP contribution in [0.3, 0.4) is 0 Å². The molecule has 0 aliphatic carbocycles. The Morgan fingerprint density at radius 2 is 1.60 bits per heavy atom. The van der Waals surface area contributed by atoms with Gasteiger partial charge in [-0.15, -0.1) is 11.8 Å². The highest BCUT2D eigenvalue weighted by atomic mass is 32.2. The van der Waals surface area contributed by atoms with E-state index >= 15 is 0 Å². The average molecular weight is 318 g/mol. The fourth-order valence-electron chi connectivity index (χ4n) is 1.56. The van der Waals surface area contributed by atoms with E-state index in [1.54, 1.807) is 23.5 Å². The zero-order valence-corrected chi connectivity index (χ0v) is 13.5. The maximum Gasteiger partial charge on any atom is 0.216 e. The SMILES string of the molecule is C=CC(=O)Sc1ccc(Sc2ccccc2SC)cc1. The summed E-state index contributed by atoms with van der Waals surface area (Å²) in [5.74, 6) is 0. The summed E-state index contributed by atoms with van der Waals surface area (Å²) in [4.78, 5) is 15.9. The molecule has 0 radical (unpaired) electrons. The third-order valence-corrected chi connectivity index (χ3v) is 5.39. The van der Waals surface area contributed by atoms with Crippen molar-refractivity contribution < 1.29 is 4.79 Å².